The summed E-state index contributed by atoms with van der Waals surface area (Å²) in [7, 11) is -1.61. The fourth-order valence-electron chi connectivity index (χ4n) is 15.1. The first kappa shape index (κ1) is 80.4. The van der Waals surface area contributed by atoms with Crippen molar-refractivity contribution in [2.45, 2.75) is 65.6 Å². The summed E-state index contributed by atoms with van der Waals surface area (Å²) in [6.45, 7) is 5.39. The molecule has 0 fully saturated rings. The lowest BCUT2D eigenvalue weighted by Gasteiger charge is -2.38. The van der Waals surface area contributed by atoms with Crippen LogP contribution in [0.15, 0.2) is 173 Å². The van der Waals surface area contributed by atoms with Crippen LogP contribution in [0.5, 0.6) is 34.5 Å². The number of aliphatic imine (C=N–C) groups is 1. The zero-order chi connectivity index (χ0) is 80.0. The number of phenolic OH excluding ortho intramolecular Hbond substituents is 2. The number of phenols is 2. The SMILES string of the molecule is C=CCOC(=O)N1c2cc(OCCOCCC(=O)N3C[C@@H](CCl)c4c3cc(O)c3ccccc43)c(OC)cc2C(=O)N2CC=C(c3ccc(S(=O)(=O)NC)cc3)C[C@H]2C1O.CNS(=O)(=O)c1ccc(C2=CCN3C(=O)c4cc(OC)c(OCCOCCC(=O)N5C[C@@H](CCl)c6c5cc(O)c5ccccc65)cc4N=C[C@@H]3C2)cc1. The molecule has 0 radical (unpaired) electrons. The number of hydrogen-bond donors (Lipinski definition) is 5. The Balaban J connectivity index is 0.000000199. The summed E-state index contributed by atoms with van der Waals surface area (Å²) >= 11 is 12.6. The van der Waals surface area contributed by atoms with Gasteiger partial charge in [-0.15, -0.1) is 23.2 Å². The summed E-state index contributed by atoms with van der Waals surface area (Å²) in [5, 5.41) is 36.5. The average Bonchev–Trinajstić information content (AvgIpc) is 1.61. The van der Waals surface area contributed by atoms with E-state index in [0.29, 0.717) is 82.9 Å². The van der Waals surface area contributed by atoms with Gasteiger partial charge < -0.3 is 68.1 Å². The van der Waals surface area contributed by atoms with Crippen LogP contribution in [0.2, 0.25) is 0 Å². The van der Waals surface area contributed by atoms with Gasteiger partial charge in [-0.3, -0.25) is 24.2 Å². The molecule has 0 saturated heterocycles. The summed E-state index contributed by atoms with van der Waals surface area (Å²) in [6, 6.07) is 36.2. The van der Waals surface area contributed by atoms with Gasteiger partial charge in [0.2, 0.25) is 31.9 Å². The number of halogens is 2. The van der Waals surface area contributed by atoms with Crippen LogP contribution in [-0.2, 0) is 43.8 Å². The number of benzene rings is 8. The number of sulfonamides is 2. The highest BCUT2D eigenvalue weighted by atomic mass is 35.5. The number of alkyl halides is 2. The van der Waals surface area contributed by atoms with E-state index in [9.17, 15) is 56.1 Å². The van der Waals surface area contributed by atoms with Crippen LogP contribution in [0.1, 0.15) is 80.5 Å². The van der Waals surface area contributed by atoms with Gasteiger partial charge in [-0.1, -0.05) is 97.6 Å². The van der Waals surface area contributed by atoms with Crippen LogP contribution in [0.3, 0.4) is 0 Å². The molecule has 6 aliphatic heterocycles. The molecule has 6 aliphatic rings. The Hall–Kier alpha value is -10.6. The molecule has 6 heterocycles. The number of rotatable bonds is 26. The molecule has 31 heteroatoms. The number of aromatic hydroxyl groups is 2. The number of methoxy groups -OCH3 is 2. The van der Waals surface area contributed by atoms with E-state index in [1.165, 1.54) is 63.6 Å². The van der Waals surface area contributed by atoms with Crippen molar-refractivity contribution < 1.29 is 89.3 Å². The number of aliphatic hydroxyl groups excluding tert-OH is 1. The second-order valence-electron chi connectivity index (χ2n) is 27.2. The van der Waals surface area contributed by atoms with E-state index in [0.717, 1.165) is 48.9 Å². The van der Waals surface area contributed by atoms with E-state index in [1.54, 1.807) is 81.6 Å². The van der Waals surface area contributed by atoms with Gasteiger partial charge in [0.15, 0.2) is 29.2 Å². The van der Waals surface area contributed by atoms with Crippen LogP contribution in [0.4, 0.5) is 27.5 Å². The van der Waals surface area contributed by atoms with Crippen molar-refractivity contribution in [3.63, 3.8) is 0 Å². The van der Waals surface area contributed by atoms with Gasteiger partial charge in [-0.05, 0) is 108 Å². The first-order chi connectivity index (χ1) is 54.5. The number of nitrogens with zero attached hydrogens (tertiary/aromatic N) is 6. The maximum absolute atomic E-state index is 14.2. The van der Waals surface area contributed by atoms with Crippen molar-refractivity contribution in [1.29, 1.82) is 0 Å². The Kier molecular flexibility index (Phi) is 24.8. The fraction of sp³-hybridized carbons (Fsp3) is 0.317. The second-order valence-corrected chi connectivity index (χ2v) is 31.6. The summed E-state index contributed by atoms with van der Waals surface area (Å²) in [5.41, 5.74) is 7.45. The molecular formula is C82H84Cl2N8O19S2. The van der Waals surface area contributed by atoms with Crippen LogP contribution in [-0.4, -0.2) is 209 Å². The highest BCUT2D eigenvalue weighted by Crippen LogP contribution is 2.49. The van der Waals surface area contributed by atoms with Crippen molar-refractivity contribution in [3.05, 3.63) is 192 Å². The van der Waals surface area contributed by atoms with Crippen molar-refractivity contribution >= 4 is 135 Å². The summed E-state index contributed by atoms with van der Waals surface area (Å²) in [6.07, 6.45) is 5.26. The molecule has 0 spiro atoms. The Bertz CT molecular complexity index is 5360. The van der Waals surface area contributed by atoms with E-state index in [2.05, 4.69) is 21.0 Å². The molecule has 8 aromatic rings. The number of anilines is 3. The number of carbonyl (C=O) groups is 5. The van der Waals surface area contributed by atoms with Crippen molar-refractivity contribution in [2.24, 2.45) is 4.99 Å². The highest BCUT2D eigenvalue weighted by Gasteiger charge is 2.46. The molecule has 14 rings (SSSR count). The molecular weight excluding hydrogens is 1540 g/mol. The number of nitrogens with one attached hydrogen (secondary N) is 2. The van der Waals surface area contributed by atoms with Crippen LogP contribution in [0, 0.1) is 0 Å². The molecule has 5 amide bonds. The molecule has 5 N–H and O–H groups in total. The summed E-state index contributed by atoms with van der Waals surface area (Å²) in [5.74, 6) is 0.883. The number of hydrogen-bond acceptors (Lipinski definition) is 20. The largest absolute Gasteiger partial charge is 0.507 e. The lowest BCUT2D eigenvalue weighted by atomic mass is 9.93. The molecule has 0 saturated carbocycles. The molecule has 0 bridgehead atoms. The van der Waals surface area contributed by atoms with Gasteiger partial charge in [0.25, 0.3) is 11.8 Å². The Labute approximate surface area is 663 Å². The summed E-state index contributed by atoms with van der Waals surface area (Å²) in [4.78, 5) is 80.8. The minimum Gasteiger partial charge on any atom is -0.507 e. The first-order valence-electron chi connectivity index (χ1n) is 36.5. The number of carbonyl (C=O) groups excluding carboxylic acids is 5. The molecule has 5 atom stereocenters. The van der Waals surface area contributed by atoms with Crippen molar-refractivity contribution in [1.82, 2.24) is 19.2 Å². The van der Waals surface area contributed by atoms with Gasteiger partial charge in [0, 0.05) is 91.0 Å². The number of amides is 5. The monoisotopic (exact) mass is 1620 g/mol. The molecule has 0 aromatic heterocycles. The smallest absolute Gasteiger partial charge is 0.416 e. The van der Waals surface area contributed by atoms with Crippen LogP contribution >= 0.6 is 23.2 Å². The predicted molar refractivity (Wildman–Crippen MR) is 429 cm³/mol. The molecule has 1 unspecified atom stereocenters. The normalized spacial score (nSPS) is 18.3. The Morgan fingerprint density at radius 1 is 0.584 bits per heavy atom. The summed E-state index contributed by atoms with van der Waals surface area (Å²) < 4.78 is 93.6. The third kappa shape index (κ3) is 16.5. The lowest BCUT2D eigenvalue weighted by Crippen LogP contribution is -2.54. The van der Waals surface area contributed by atoms with E-state index >= 15 is 0 Å². The van der Waals surface area contributed by atoms with E-state index in [4.69, 9.17) is 56.4 Å². The third-order valence-corrected chi connectivity index (χ3v) is 24.4. The average molecular weight is 1620 g/mol. The quantitative estimate of drug-likeness (QED) is 0.0191. The highest BCUT2D eigenvalue weighted by molar-refractivity contribution is 7.89. The number of aliphatic hydroxyl groups is 1. The minimum absolute atomic E-state index is 0.00207. The molecule has 592 valence electrons. The van der Waals surface area contributed by atoms with E-state index in [1.807, 2.05) is 60.7 Å². The lowest BCUT2D eigenvalue weighted by molar-refractivity contribution is -0.120. The van der Waals surface area contributed by atoms with E-state index < -0.39 is 44.3 Å². The standard InChI is InChI=1S/C43H45ClN4O11S.C39H39ClN4O8S/c1-4-16-59-43(53)48-33-23-38(58-19-18-57-17-14-39(50)47-25-28(24-44)40-31-8-6-5-7-30(31)36(49)22-34(40)47)37(56-3)21-32(33)41(51)46-15-13-27(20-35(46)42(48)52)26-9-11-29(12-10-26)60(54,55)45-2;1-41-53(48,49)28-9-7-24(8-10-28)25-11-13-43-27(17-25)22-42-32-19-36(35(50-2)18-31(32)39(43)47)52-16-15-51-14-12-37(46)44-23-26(21-40)38-30-6-4-3-5-29(30)34(45)20-33(38)44/h4-13,21-23,28,35,42,45,49,52H,1,14-20,24-25H2,2-3H3;3-11,18-20,22,26-27,41,45H,12-17,21,23H2,1-2H3/t28-,35+,42?;26-,27+/m11/s1. The second kappa shape index (κ2) is 34.8. The van der Waals surface area contributed by atoms with Crippen molar-refractivity contribution in [2.75, 3.05) is 127 Å². The van der Waals surface area contributed by atoms with Crippen LogP contribution in [0.25, 0.3) is 32.7 Å². The maximum Gasteiger partial charge on any atom is 0.416 e. The fourth-order valence-corrected chi connectivity index (χ4v) is 17.0. The molecule has 8 aromatic carbocycles. The van der Waals surface area contributed by atoms with Gasteiger partial charge in [-0.25, -0.2) is 36.0 Å². The molecule has 113 heavy (non-hydrogen) atoms. The topological polar surface area (TPSA) is 332 Å². The van der Waals surface area contributed by atoms with Gasteiger partial charge in [0.1, 0.15) is 31.3 Å². The van der Waals surface area contributed by atoms with Gasteiger partial charge in [0.05, 0.1) is 109 Å². The van der Waals surface area contributed by atoms with Crippen LogP contribution < -0.4 is 43.1 Å². The zero-order valence-electron chi connectivity index (χ0n) is 62.3. The Morgan fingerprint density at radius 3 is 1.54 bits per heavy atom. The number of ether oxygens (including phenoxy) is 7. The first-order valence-corrected chi connectivity index (χ1v) is 40.5. The third-order valence-electron chi connectivity index (χ3n) is 20.8. The van der Waals surface area contributed by atoms with Crippen molar-refractivity contribution in [3.8, 4) is 34.5 Å². The molecule has 27 nitrogen and oxygen atoms in total. The molecule has 0 aliphatic carbocycles. The minimum atomic E-state index is -3.66. The maximum atomic E-state index is 14.2. The number of fused-ring (bicyclic) bond motifs is 10. The van der Waals surface area contributed by atoms with Gasteiger partial charge in [-0.2, -0.15) is 0 Å². The zero-order valence-corrected chi connectivity index (χ0v) is 65.4. The predicted octanol–water partition coefficient (Wildman–Crippen LogP) is 11.0. The van der Waals surface area contributed by atoms with E-state index in [-0.39, 0.29) is 152 Å². The Morgan fingerprint density at radius 2 is 1.05 bits per heavy atom. The van der Waals surface area contributed by atoms with Gasteiger partial charge >= 0.3 is 6.09 Å².